The van der Waals surface area contributed by atoms with Crippen LogP contribution in [-0.4, -0.2) is 29.6 Å². The van der Waals surface area contributed by atoms with Crippen LogP contribution in [0.3, 0.4) is 0 Å². The summed E-state index contributed by atoms with van der Waals surface area (Å²) in [6, 6.07) is 10.2. The summed E-state index contributed by atoms with van der Waals surface area (Å²) in [7, 11) is 2.11. The molecule has 0 spiro atoms. The Balaban J connectivity index is 2.23. The minimum absolute atomic E-state index is 0.239. The van der Waals surface area contributed by atoms with E-state index < -0.39 is 5.60 Å². The molecule has 0 radical (unpaired) electrons. The van der Waals surface area contributed by atoms with Crippen LogP contribution in [-0.2, 0) is 5.60 Å². The van der Waals surface area contributed by atoms with E-state index in [9.17, 15) is 5.11 Å². The van der Waals surface area contributed by atoms with Crippen LogP contribution in [0.25, 0.3) is 0 Å². The molecule has 1 N–H and O–H groups in total. The van der Waals surface area contributed by atoms with Crippen molar-refractivity contribution in [2.24, 2.45) is 0 Å². The van der Waals surface area contributed by atoms with Gasteiger partial charge in [-0.3, -0.25) is 0 Å². The largest absolute Gasteiger partial charge is 0.384 e. The highest BCUT2D eigenvalue weighted by molar-refractivity contribution is 5.23. The maximum Gasteiger partial charge on any atom is 0.102 e. The van der Waals surface area contributed by atoms with E-state index in [-0.39, 0.29) is 6.04 Å². The van der Waals surface area contributed by atoms with E-state index in [4.69, 9.17) is 0 Å². The molecule has 0 aromatic heterocycles. The third-order valence-electron chi connectivity index (χ3n) is 3.78. The molecule has 2 heteroatoms. The van der Waals surface area contributed by atoms with Gasteiger partial charge in [-0.25, -0.2) is 0 Å². The number of aliphatic hydroxyl groups is 1. The zero-order valence-corrected chi connectivity index (χ0v) is 10.2. The number of benzene rings is 1. The van der Waals surface area contributed by atoms with Crippen molar-refractivity contribution in [3.05, 3.63) is 35.9 Å². The fourth-order valence-electron chi connectivity index (χ4n) is 2.75. The third-order valence-corrected chi connectivity index (χ3v) is 3.78. The van der Waals surface area contributed by atoms with Gasteiger partial charge < -0.3 is 10.0 Å². The summed E-state index contributed by atoms with van der Waals surface area (Å²) in [5, 5.41) is 10.7. The quantitative estimate of drug-likeness (QED) is 0.825. The predicted octanol–water partition coefficient (Wildman–Crippen LogP) is 2.38. The van der Waals surface area contributed by atoms with Crippen molar-refractivity contribution >= 4 is 0 Å². The molecular weight excluding hydrogens is 198 g/mol. The minimum atomic E-state index is -0.740. The molecule has 2 rings (SSSR count). The van der Waals surface area contributed by atoms with Crippen LogP contribution in [0.15, 0.2) is 30.3 Å². The summed E-state index contributed by atoms with van der Waals surface area (Å²) in [5.74, 6) is 0. The summed E-state index contributed by atoms with van der Waals surface area (Å²) in [5.41, 5.74) is 0.282. The van der Waals surface area contributed by atoms with Crippen molar-refractivity contribution in [3.8, 4) is 0 Å². The summed E-state index contributed by atoms with van der Waals surface area (Å²) in [6.45, 7) is 3.03. The second-order valence-electron chi connectivity index (χ2n) is 5.01. The Labute approximate surface area is 97.9 Å². The van der Waals surface area contributed by atoms with Crippen LogP contribution in [0.5, 0.6) is 0 Å². The number of hydrogen-bond donors (Lipinski definition) is 1. The molecular formula is C14H21NO. The Morgan fingerprint density at radius 3 is 2.56 bits per heavy atom. The van der Waals surface area contributed by atoms with Crippen LogP contribution in [0.2, 0.25) is 0 Å². The molecule has 0 amide bonds. The number of piperidine rings is 1. The fourth-order valence-corrected chi connectivity index (χ4v) is 2.75. The second-order valence-corrected chi connectivity index (χ2v) is 5.01. The molecule has 0 aliphatic carbocycles. The maximum atomic E-state index is 10.7. The molecule has 16 heavy (non-hydrogen) atoms. The molecule has 2 atom stereocenters. The third kappa shape index (κ3) is 2.13. The van der Waals surface area contributed by atoms with Gasteiger partial charge in [0.1, 0.15) is 5.60 Å². The van der Waals surface area contributed by atoms with Crippen molar-refractivity contribution in [1.29, 1.82) is 0 Å². The van der Waals surface area contributed by atoms with E-state index in [1.165, 1.54) is 12.8 Å². The predicted molar refractivity (Wildman–Crippen MR) is 66.3 cm³/mol. The number of hydrogen-bond acceptors (Lipinski definition) is 2. The zero-order valence-electron chi connectivity index (χ0n) is 10.2. The first-order valence-electron chi connectivity index (χ1n) is 6.10. The van der Waals surface area contributed by atoms with E-state index in [1.807, 2.05) is 37.3 Å². The van der Waals surface area contributed by atoms with Crippen LogP contribution in [0.4, 0.5) is 0 Å². The molecule has 1 aliphatic heterocycles. The Bertz CT molecular complexity index is 334. The van der Waals surface area contributed by atoms with Crippen LogP contribution in [0.1, 0.15) is 31.7 Å². The van der Waals surface area contributed by atoms with E-state index in [2.05, 4.69) is 11.9 Å². The normalized spacial score (nSPS) is 26.3. The fraction of sp³-hybridized carbons (Fsp3) is 0.571. The Morgan fingerprint density at radius 2 is 1.94 bits per heavy atom. The Morgan fingerprint density at radius 1 is 1.25 bits per heavy atom. The van der Waals surface area contributed by atoms with Gasteiger partial charge in [0.05, 0.1) is 0 Å². The first-order chi connectivity index (χ1) is 7.62. The molecule has 1 fully saturated rings. The van der Waals surface area contributed by atoms with E-state index in [0.29, 0.717) is 0 Å². The number of rotatable bonds is 2. The zero-order chi connectivity index (χ0) is 11.6. The molecule has 1 saturated heterocycles. The molecule has 1 aromatic carbocycles. The highest BCUT2D eigenvalue weighted by atomic mass is 16.3. The van der Waals surface area contributed by atoms with Crippen molar-refractivity contribution in [1.82, 2.24) is 4.90 Å². The molecule has 1 aliphatic rings. The lowest BCUT2D eigenvalue weighted by Gasteiger charge is -2.42. The van der Waals surface area contributed by atoms with Gasteiger partial charge in [0.25, 0.3) is 0 Å². The molecule has 0 bridgehead atoms. The Hall–Kier alpha value is -0.860. The summed E-state index contributed by atoms with van der Waals surface area (Å²) in [4.78, 5) is 2.29. The molecule has 1 aromatic rings. The second kappa shape index (κ2) is 4.56. The van der Waals surface area contributed by atoms with Gasteiger partial charge in [-0.05, 0) is 38.9 Å². The van der Waals surface area contributed by atoms with Crippen molar-refractivity contribution < 1.29 is 5.11 Å². The average Bonchev–Trinajstić information content (AvgIpc) is 2.30. The highest BCUT2D eigenvalue weighted by Crippen LogP contribution is 2.32. The molecule has 2 unspecified atom stereocenters. The molecule has 1 heterocycles. The van der Waals surface area contributed by atoms with Gasteiger partial charge in [-0.1, -0.05) is 36.8 Å². The minimum Gasteiger partial charge on any atom is -0.384 e. The lowest BCUT2D eigenvalue weighted by atomic mass is 9.83. The first-order valence-corrected chi connectivity index (χ1v) is 6.10. The van der Waals surface area contributed by atoms with Crippen LogP contribution in [0, 0.1) is 0 Å². The van der Waals surface area contributed by atoms with Gasteiger partial charge >= 0.3 is 0 Å². The number of nitrogens with zero attached hydrogens (tertiary/aromatic N) is 1. The lowest BCUT2D eigenvalue weighted by molar-refractivity contribution is -0.0450. The standard InChI is InChI=1S/C14H21NO/c1-14(16,12-8-4-3-5-9-12)13-10-6-7-11-15(13)2/h3-5,8-9,13,16H,6-7,10-11H2,1-2H3. The smallest absolute Gasteiger partial charge is 0.102 e. The van der Waals surface area contributed by atoms with Gasteiger partial charge in [-0.2, -0.15) is 0 Å². The SMILES string of the molecule is CN1CCCCC1C(C)(O)c1ccccc1. The average molecular weight is 219 g/mol. The molecule has 88 valence electrons. The summed E-state index contributed by atoms with van der Waals surface area (Å²) in [6.07, 6.45) is 3.55. The topological polar surface area (TPSA) is 23.5 Å². The molecule has 0 saturated carbocycles. The van der Waals surface area contributed by atoms with Crippen molar-refractivity contribution in [2.45, 2.75) is 37.8 Å². The van der Waals surface area contributed by atoms with E-state index >= 15 is 0 Å². The van der Waals surface area contributed by atoms with E-state index in [1.54, 1.807) is 0 Å². The maximum absolute atomic E-state index is 10.7. The van der Waals surface area contributed by atoms with Gasteiger partial charge in [0.15, 0.2) is 0 Å². The van der Waals surface area contributed by atoms with Crippen LogP contribution < -0.4 is 0 Å². The van der Waals surface area contributed by atoms with Gasteiger partial charge in [0, 0.05) is 6.04 Å². The first kappa shape index (κ1) is 11.6. The lowest BCUT2D eigenvalue weighted by Crippen LogP contribution is -2.49. The summed E-state index contributed by atoms with van der Waals surface area (Å²) >= 11 is 0. The molecule has 2 nitrogen and oxygen atoms in total. The van der Waals surface area contributed by atoms with Crippen molar-refractivity contribution in [2.75, 3.05) is 13.6 Å². The van der Waals surface area contributed by atoms with Crippen LogP contribution >= 0.6 is 0 Å². The van der Waals surface area contributed by atoms with E-state index in [0.717, 1.165) is 18.5 Å². The number of likely N-dealkylation sites (tertiary alicyclic amines) is 1. The van der Waals surface area contributed by atoms with Crippen molar-refractivity contribution in [3.63, 3.8) is 0 Å². The highest BCUT2D eigenvalue weighted by Gasteiger charge is 2.37. The monoisotopic (exact) mass is 219 g/mol. The van der Waals surface area contributed by atoms with Gasteiger partial charge in [-0.15, -0.1) is 0 Å². The Kier molecular flexibility index (Phi) is 3.31. The number of likely N-dealkylation sites (N-methyl/N-ethyl adjacent to an activating group) is 1. The van der Waals surface area contributed by atoms with Gasteiger partial charge in [0.2, 0.25) is 0 Å². The summed E-state index contributed by atoms with van der Waals surface area (Å²) < 4.78 is 0.